The molecular formula is C13H24O5P+. The molecule has 2 aliphatic rings. The Morgan fingerprint density at radius 1 is 0.842 bits per heavy atom. The molecule has 0 aliphatic heterocycles. The molecule has 2 N–H and O–H groups in total. The van der Waals surface area contributed by atoms with Crippen molar-refractivity contribution in [2.24, 2.45) is 0 Å². The Morgan fingerprint density at radius 3 is 1.53 bits per heavy atom. The predicted octanol–water partition coefficient (Wildman–Crippen LogP) is 4.12. The highest BCUT2D eigenvalue weighted by Crippen LogP contribution is 2.61. The number of hydrogen-bond acceptors (Lipinski definition) is 4. The highest BCUT2D eigenvalue weighted by atomic mass is 31.2. The Balaban J connectivity index is 1.93. The molecule has 0 spiro atoms. The van der Waals surface area contributed by atoms with Gasteiger partial charge in [-0.3, -0.25) is 0 Å². The third-order valence-electron chi connectivity index (χ3n) is 3.93. The summed E-state index contributed by atoms with van der Waals surface area (Å²) in [5.41, 5.74) is -1.33. The zero-order valence-corrected chi connectivity index (χ0v) is 12.2. The SMILES string of the molecule is O=C(O)[P+](O)(OC1CCCCC1)OC1CCCCC1. The lowest BCUT2D eigenvalue weighted by molar-refractivity contribution is 0.0597. The van der Waals surface area contributed by atoms with Crippen LogP contribution in [0.5, 0.6) is 0 Å². The van der Waals surface area contributed by atoms with Gasteiger partial charge in [-0.15, -0.1) is 0 Å². The number of rotatable bonds is 5. The zero-order chi connectivity index (χ0) is 13.7. The predicted molar refractivity (Wildman–Crippen MR) is 73.1 cm³/mol. The monoisotopic (exact) mass is 291 g/mol. The van der Waals surface area contributed by atoms with E-state index in [1.807, 2.05) is 0 Å². The fourth-order valence-corrected chi connectivity index (χ4v) is 4.32. The van der Waals surface area contributed by atoms with Gasteiger partial charge in [0.2, 0.25) is 0 Å². The van der Waals surface area contributed by atoms with Crippen molar-refractivity contribution >= 4 is 13.7 Å². The van der Waals surface area contributed by atoms with Crippen molar-refractivity contribution < 1.29 is 23.8 Å². The van der Waals surface area contributed by atoms with E-state index < -0.39 is 13.7 Å². The van der Waals surface area contributed by atoms with Crippen LogP contribution in [0.2, 0.25) is 0 Å². The fraction of sp³-hybridized carbons (Fsp3) is 0.923. The van der Waals surface area contributed by atoms with Gasteiger partial charge in [0.15, 0.2) is 0 Å². The van der Waals surface area contributed by atoms with Crippen molar-refractivity contribution in [3.05, 3.63) is 0 Å². The molecule has 0 aromatic carbocycles. The maximum Gasteiger partial charge on any atom is 0.543 e. The average Bonchev–Trinajstić information content (AvgIpc) is 2.40. The molecular weight excluding hydrogens is 267 g/mol. The van der Waals surface area contributed by atoms with Crippen LogP contribution in [0.4, 0.5) is 4.79 Å². The number of hydrogen-bond donors (Lipinski definition) is 2. The van der Waals surface area contributed by atoms with Crippen LogP contribution in [0, 0.1) is 0 Å². The van der Waals surface area contributed by atoms with Gasteiger partial charge in [-0.2, -0.15) is 18.7 Å². The second-order valence-electron chi connectivity index (χ2n) is 5.53. The zero-order valence-electron chi connectivity index (χ0n) is 11.3. The summed E-state index contributed by atoms with van der Waals surface area (Å²) in [5.74, 6) is 0. The molecule has 0 aromatic heterocycles. The van der Waals surface area contributed by atoms with Gasteiger partial charge in [0.25, 0.3) is 0 Å². The van der Waals surface area contributed by atoms with Gasteiger partial charge >= 0.3 is 13.7 Å². The Bertz CT molecular complexity index is 277. The summed E-state index contributed by atoms with van der Waals surface area (Å²) in [6.07, 6.45) is 9.43. The van der Waals surface area contributed by atoms with Crippen molar-refractivity contribution in [2.45, 2.75) is 76.4 Å². The van der Waals surface area contributed by atoms with Crippen LogP contribution in [0.25, 0.3) is 0 Å². The van der Waals surface area contributed by atoms with E-state index in [2.05, 4.69) is 0 Å². The highest BCUT2D eigenvalue weighted by Gasteiger charge is 2.56. The lowest BCUT2D eigenvalue weighted by Gasteiger charge is -2.26. The lowest BCUT2D eigenvalue weighted by atomic mass is 9.98. The Labute approximate surface area is 114 Å². The summed E-state index contributed by atoms with van der Waals surface area (Å²) < 4.78 is 11.0. The molecule has 0 bridgehead atoms. The van der Waals surface area contributed by atoms with Crippen molar-refractivity contribution in [3.63, 3.8) is 0 Å². The van der Waals surface area contributed by atoms with Crippen LogP contribution in [-0.4, -0.2) is 27.9 Å². The molecule has 2 saturated carbocycles. The van der Waals surface area contributed by atoms with Crippen molar-refractivity contribution in [1.82, 2.24) is 0 Å². The maximum absolute atomic E-state index is 11.3. The summed E-state index contributed by atoms with van der Waals surface area (Å²) in [5, 5.41) is 9.24. The van der Waals surface area contributed by atoms with Crippen molar-refractivity contribution in [3.8, 4) is 0 Å². The summed E-state index contributed by atoms with van der Waals surface area (Å²) in [6, 6.07) is 0. The standard InChI is InChI=1S/C13H23O5P/c14-13(15)19(16,17-11-7-3-1-4-8-11)18-12-9-5-2-6-10-12/h11-12,16H,1-10H2/p+1. The second kappa shape index (κ2) is 6.98. The van der Waals surface area contributed by atoms with E-state index in [0.29, 0.717) is 0 Å². The molecule has 0 amide bonds. The van der Waals surface area contributed by atoms with Crippen LogP contribution < -0.4 is 0 Å². The van der Waals surface area contributed by atoms with Gasteiger partial charge in [-0.05, 0) is 25.7 Å². The van der Waals surface area contributed by atoms with E-state index in [-0.39, 0.29) is 12.2 Å². The van der Waals surface area contributed by atoms with Gasteiger partial charge in [-0.1, -0.05) is 38.5 Å². The Morgan fingerprint density at radius 2 is 1.21 bits per heavy atom. The first-order valence-electron chi connectivity index (χ1n) is 7.32. The molecule has 0 unspecified atom stereocenters. The normalized spacial score (nSPS) is 23.4. The van der Waals surface area contributed by atoms with Crippen molar-refractivity contribution in [2.75, 3.05) is 0 Å². The van der Waals surface area contributed by atoms with E-state index in [4.69, 9.17) is 9.05 Å². The van der Waals surface area contributed by atoms with E-state index in [1.54, 1.807) is 0 Å². The molecule has 6 heteroatoms. The van der Waals surface area contributed by atoms with E-state index in [9.17, 15) is 14.8 Å². The molecule has 110 valence electrons. The lowest BCUT2D eigenvalue weighted by Crippen LogP contribution is -2.25. The van der Waals surface area contributed by atoms with Crippen molar-refractivity contribution in [1.29, 1.82) is 0 Å². The van der Waals surface area contributed by atoms with Gasteiger partial charge in [0, 0.05) is 0 Å². The Kier molecular flexibility index (Phi) is 5.58. The molecule has 2 fully saturated rings. The smallest absolute Gasteiger partial charge is 0.445 e. The quantitative estimate of drug-likeness (QED) is 0.745. The van der Waals surface area contributed by atoms with E-state index in [0.717, 1.165) is 64.2 Å². The van der Waals surface area contributed by atoms with Gasteiger partial charge in [-0.25, -0.2) is 0 Å². The molecule has 0 saturated heterocycles. The highest BCUT2D eigenvalue weighted by molar-refractivity contribution is 7.77. The van der Waals surface area contributed by atoms with Gasteiger partial charge < -0.3 is 5.11 Å². The average molecular weight is 291 g/mol. The number of carboxylic acid groups (broad SMARTS) is 1. The summed E-state index contributed by atoms with van der Waals surface area (Å²) in [4.78, 5) is 21.6. The topological polar surface area (TPSA) is 76.0 Å². The number of carbonyl (C=O) groups is 1. The van der Waals surface area contributed by atoms with Gasteiger partial charge in [0.05, 0.1) is 0 Å². The molecule has 0 aromatic rings. The van der Waals surface area contributed by atoms with Crippen LogP contribution >= 0.6 is 7.94 Å². The fourth-order valence-electron chi connectivity index (χ4n) is 2.86. The molecule has 0 heterocycles. The third-order valence-corrected chi connectivity index (χ3v) is 5.58. The molecule has 19 heavy (non-hydrogen) atoms. The van der Waals surface area contributed by atoms with Crippen LogP contribution in [-0.2, 0) is 9.05 Å². The molecule has 5 nitrogen and oxygen atoms in total. The van der Waals surface area contributed by atoms with E-state index >= 15 is 0 Å². The van der Waals surface area contributed by atoms with Gasteiger partial charge in [0.1, 0.15) is 12.2 Å². The Hall–Kier alpha value is -0.220. The molecule has 0 radical (unpaired) electrons. The second-order valence-corrected chi connectivity index (χ2v) is 7.38. The minimum absolute atomic E-state index is 0.160. The minimum atomic E-state index is -3.76. The van der Waals surface area contributed by atoms with Crippen LogP contribution in [0.3, 0.4) is 0 Å². The first kappa shape index (κ1) is 15.2. The third kappa shape index (κ3) is 4.38. The molecule has 2 aliphatic carbocycles. The maximum atomic E-state index is 11.3. The minimum Gasteiger partial charge on any atom is -0.445 e. The van der Waals surface area contributed by atoms with Crippen LogP contribution in [0.15, 0.2) is 0 Å². The molecule has 0 atom stereocenters. The van der Waals surface area contributed by atoms with Crippen LogP contribution in [0.1, 0.15) is 64.2 Å². The largest absolute Gasteiger partial charge is 0.543 e. The summed E-state index contributed by atoms with van der Waals surface area (Å²) >= 11 is 0. The summed E-state index contributed by atoms with van der Waals surface area (Å²) in [6.45, 7) is 0. The summed E-state index contributed by atoms with van der Waals surface area (Å²) in [7, 11) is -3.76. The first-order chi connectivity index (χ1) is 9.10. The first-order valence-corrected chi connectivity index (χ1v) is 8.90. The molecule has 2 rings (SSSR count). The van der Waals surface area contributed by atoms with E-state index in [1.165, 1.54) is 0 Å².